The van der Waals surface area contributed by atoms with Crippen molar-refractivity contribution in [3.8, 4) is 0 Å². The molecule has 1 saturated carbocycles. The molecule has 0 bridgehead atoms. The van der Waals surface area contributed by atoms with E-state index in [1.165, 1.54) is 0 Å². The van der Waals surface area contributed by atoms with Crippen LogP contribution in [0.5, 0.6) is 0 Å². The summed E-state index contributed by atoms with van der Waals surface area (Å²) in [6.07, 6.45) is 3.28. The Morgan fingerprint density at radius 3 is 2.50 bits per heavy atom. The second-order valence-corrected chi connectivity index (χ2v) is 12.3. The molecule has 1 aliphatic rings. The van der Waals surface area contributed by atoms with Gasteiger partial charge in [-0.2, -0.15) is 5.10 Å². The van der Waals surface area contributed by atoms with E-state index in [0.29, 0.717) is 0 Å². The Kier molecular flexibility index (Phi) is 4.15. The Morgan fingerprint density at radius 2 is 2.00 bits per heavy atom. The van der Waals surface area contributed by atoms with E-state index < -0.39 is 8.32 Å². The molecular formula is C15H28N2O2Si. The van der Waals surface area contributed by atoms with E-state index in [1.807, 2.05) is 17.8 Å². The van der Waals surface area contributed by atoms with Crippen LogP contribution in [0, 0.1) is 0 Å². The highest BCUT2D eigenvalue weighted by Gasteiger charge is 2.43. The lowest BCUT2D eigenvalue weighted by Crippen LogP contribution is -2.43. The maximum absolute atomic E-state index is 10.3. The summed E-state index contributed by atoms with van der Waals surface area (Å²) in [5.41, 5.74) is 1.11. The van der Waals surface area contributed by atoms with Crippen molar-refractivity contribution >= 4 is 8.32 Å². The highest BCUT2D eigenvalue weighted by molar-refractivity contribution is 6.74. The summed E-state index contributed by atoms with van der Waals surface area (Å²) in [6.45, 7) is 11.3. The number of hydrogen-bond donors (Lipinski definition) is 1. The second kappa shape index (κ2) is 5.28. The predicted octanol–water partition coefficient (Wildman–Crippen LogP) is 3.05. The molecule has 1 aliphatic carbocycles. The van der Waals surface area contributed by atoms with Gasteiger partial charge in [0.1, 0.15) is 0 Å². The topological polar surface area (TPSA) is 47.3 Å². The zero-order chi connectivity index (χ0) is 15.1. The maximum atomic E-state index is 10.3. The fourth-order valence-corrected chi connectivity index (χ4v) is 4.10. The van der Waals surface area contributed by atoms with Crippen LogP contribution < -0.4 is 0 Å². The summed E-state index contributed by atoms with van der Waals surface area (Å²) in [6, 6.07) is 2.00. The molecule has 114 valence electrons. The SMILES string of the molecule is Cn1nccc1[C@H]1C[C@@H](O[Si](C)(C)C(C)(C)C)C[C@@H]1O. The zero-order valence-electron chi connectivity index (χ0n) is 13.6. The van der Waals surface area contributed by atoms with E-state index in [9.17, 15) is 5.11 Å². The van der Waals surface area contributed by atoms with Gasteiger partial charge in [-0.1, -0.05) is 20.8 Å². The highest BCUT2D eigenvalue weighted by Crippen LogP contribution is 2.42. The normalized spacial score (nSPS) is 28.1. The first-order valence-electron chi connectivity index (χ1n) is 7.45. The molecular weight excluding hydrogens is 268 g/mol. The van der Waals surface area contributed by atoms with Gasteiger partial charge in [-0.05, 0) is 37.0 Å². The van der Waals surface area contributed by atoms with Crippen molar-refractivity contribution in [1.82, 2.24) is 9.78 Å². The molecule has 1 N–H and O–H groups in total. The number of aliphatic hydroxyl groups excluding tert-OH is 1. The van der Waals surface area contributed by atoms with Gasteiger partial charge in [-0.15, -0.1) is 0 Å². The largest absolute Gasteiger partial charge is 0.414 e. The lowest BCUT2D eigenvalue weighted by Gasteiger charge is -2.38. The van der Waals surface area contributed by atoms with Crippen LogP contribution in [-0.4, -0.2) is 35.4 Å². The minimum absolute atomic E-state index is 0.150. The molecule has 1 aromatic rings. The van der Waals surface area contributed by atoms with E-state index in [-0.39, 0.29) is 23.2 Å². The Labute approximate surface area is 123 Å². The number of nitrogens with zero attached hydrogens (tertiary/aromatic N) is 2. The molecule has 0 unspecified atom stereocenters. The third-order valence-electron chi connectivity index (χ3n) is 4.99. The molecule has 2 rings (SSSR count). The van der Waals surface area contributed by atoms with E-state index in [0.717, 1.165) is 18.5 Å². The van der Waals surface area contributed by atoms with Crippen LogP contribution in [0.15, 0.2) is 12.3 Å². The van der Waals surface area contributed by atoms with Crippen LogP contribution in [0.3, 0.4) is 0 Å². The molecule has 5 heteroatoms. The monoisotopic (exact) mass is 296 g/mol. The Hall–Kier alpha value is -0.653. The van der Waals surface area contributed by atoms with E-state index >= 15 is 0 Å². The molecule has 0 saturated heterocycles. The van der Waals surface area contributed by atoms with Gasteiger partial charge in [-0.25, -0.2) is 0 Å². The Morgan fingerprint density at radius 1 is 1.35 bits per heavy atom. The fraction of sp³-hybridized carbons (Fsp3) is 0.800. The summed E-state index contributed by atoms with van der Waals surface area (Å²) >= 11 is 0. The van der Waals surface area contributed by atoms with Gasteiger partial charge in [0.05, 0.1) is 6.10 Å². The lowest BCUT2D eigenvalue weighted by atomic mass is 10.0. The summed E-state index contributed by atoms with van der Waals surface area (Å²) in [5, 5.41) is 14.8. The van der Waals surface area contributed by atoms with Crippen LogP contribution in [0.25, 0.3) is 0 Å². The van der Waals surface area contributed by atoms with Gasteiger partial charge in [0, 0.05) is 31.0 Å². The van der Waals surface area contributed by atoms with E-state index in [4.69, 9.17) is 4.43 Å². The molecule has 0 spiro atoms. The molecule has 4 nitrogen and oxygen atoms in total. The van der Waals surface area contributed by atoms with Crippen molar-refractivity contribution in [2.75, 3.05) is 0 Å². The number of rotatable bonds is 3. The highest BCUT2D eigenvalue weighted by atomic mass is 28.4. The first-order valence-corrected chi connectivity index (χ1v) is 10.4. The number of aromatic nitrogens is 2. The fourth-order valence-electron chi connectivity index (χ4n) is 2.73. The van der Waals surface area contributed by atoms with Crippen molar-refractivity contribution in [2.45, 2.75) is 69.9 Å². The molecule has 0 radical (unpaired) electrons. The second-order valence-electron chi connectivity index (χ2n) is 7.53. The minimum Gasteiger partial charge on any atom is -0.414 e. The van der Waals surface area contributed by atoms with Gasteiger partial charge < -0.3 is 9.53 Å². The van der Waals surface area contributed by atoms with E-state index in [2.05, 4.69) is 39.0 Å². The molecule has 0 amide bonds. The maximum Gasteiger partial charge on any atom is 0.192 e. The molecule has 1 aromatic heterocycles. The third kappa shape index (κ3) is 2.99. The summed E-state index contributed by atoms with van der Waals surface area (Å²) in [4.78, 5) is 0. The van der Waals surface area contributed by atoms with Crippen LogP contribution >= 0.6 is 0 Å². The van der Waals surface area contributed by atoms with Crippen molar-refractivity contribution in [1.29, 1.82) is 0 Å². The molecule has 1 heterocycles. The van der Waals surface area contributed by atoms with Crippen molar-refractivity contribution in [3.05, 3.63) is 18.0 Å². The van der Waals surface area contributed by atoms with Crippen LogP contribution in [0.1, 0.15) is 45.2 Å². The van der Waals surface area contributed by atoms with Gasteiger partial charge >= 0.3 is 0 Å². The van der Waals surface area contributed by atoms with Crippen LogP contribution in [0.4, 0.5) is 0 Å². The molecule has 0 aliphatic heterocycles. The van der Waals surface area contributed by atoms with Gasteiger partial charge in [0.15, 0.2) is 8.32 Å². The molecule has 3 atom stereocenters. The summed E-state index contributed by atoms with van der Waals surface area (Å²) in [5.74, 6) is 0.150. The van der Waals surface area contributed by atoms with Crippen molar-refractivity contribution in [3.63, 3.8) is 0 Å². The summed E-state index contributed by atoms with van der Waals surface area (Å²) in [7, 11) is 0.174. The van der Waals surface area contributed by atoms with Crippen LogP contribution in [0.2, 0.25) is 18.1 Å². The van der Waals surface area contributed by atoms with Gasteiger partial charge in [0.2, 0.25) is 0 Å². The average molecular weight is 296 g/mol. The van der Waals surface area contributed by atoms with E-state index in [1.54, 1.807) is 6.20 Å². The first-order chi connectivity index (χ1) is 9.12. The number of aryl methyl sites for hydroxylation is 1. The van der Waals surface area contributed by atoms with Crippen molar-refractivity contribution in [2.24, 2.45) is 7.05 Å². The quantitative estimate of drug-likeness (QED) is 0.872. The predicted molar refractivity (Wildman–Crippen MR) is 83.3 cm³/mol. The summed E-state index contributed by atoms with van der Waals surface area (Å²) < 4.78 is 8.31. The molecule has 0 aromatic carbocycles. The Bertz CT molecular complexity index is 465. The van der Waals surface area contributed by atoms with Gasteiger partial charge in [0.25, 0.3) is 0 Å². The third-order valence-corrected chi connectivity index (χ3v) is 9.53. The standard InChI is InChI=1S/C15H28N2O2Si/c1-15(2,3)20(5,6)19-11-9-12(14(18)10-11)13-7-8-16-17(13)4/h7-8,11-12,14,18H,9-10H2,1-6H3/t11-,12-,14+/m1/s1. The van der Waals surface area contributed by atoms with Crippen LogP contribution in [-0.2, 0) is 11.5 Å². The first kappa shape index (κ1) is 15.7. The number of aliphatic hydroxyl groups is 1. The molecule has 20 heavy (non-hydrogen) atoms. The smallest absolute Gasteiger partial charge is 0.192 e. The average Bonchev–Trinajstić information content (AvgIpc) is 2.82. The molecule has 1 fully saturated rings. The minimum atomic E-state index is -1.76. The number of hydrogen-bond acceptors (Lipinski definition) is 3. The zero-order valence-corrected chi connectivity index (χ0v) is 14.6. The van der Waals surface area contributed by atoms with Crippen molar-refractivity contribution < 1.29 is 9.53 Å². The Balaban J connectivity index is 2.07. The van der Waals surface area contributed by atoms with Gasteiger partial charge in [-0.3, -0.25) is 4.68 Å². The lowest BCUT2D eigenvalue weighted by molar-refractivity contribution is 0.135.